The second-order valence-corrected chi connectivity index (χ2v) is 5.99. The highest BCUT2D eigenvalue weighted by atomic mass is 35.5. The van der Waals surface area contributed by atoms with Crippen LogP contribution in [0.15, 0.2) is 53.4 Å². The van der Waals surface area contributed by atoms with Gasteiger partial charge in [0.25, 0.3) is 15.7 Å². The van der Waals surface area contributed by atoms with Gasteiger partial charge >= 0.3 is 0 Å². The average molecular weight is 313 g/mol. The molecule has 0 heterocycles. The van der Waals surface area contributed by atoms with Gasteiger partial charge in [0, 0.05) is 22.8 Å². The molecule has 2 aromatic carbocycles. The van der Waals surface area contributed by atoms with Crippen LogP contribution in [0.1, 0.15) is 0 Å². The summed E-state index contributed by atoms with van der Waals surface area (Å²) in [6.45, 7) is 0. The van der Waals surface area contributed by atoms with Crippen molar-refractivity contribution in [3.8, 4) is 0 Å². The predicted octanol–water partition coefficient (Wildman–Crippen LogP) is 3.05. The molecule has 20 heavy (non-hydrogen) atoms. The van der Waals surface area contributed by atoms with Crippen LogP contribution in [0.4, 0.5) is 11.4 Å². The highest BCUT2D eigenvalue weighted by molar-refractivity contribution is 7.92. The van der Waals surface area contributed by atoms with Gasteiger partial charge in [-0.3, -0.25) is 14.8 Å². The molecule has 2 rings (SSSR count). The lowest BCUT2D eigenvalue weighted by Crippen LogP contribution is -2.12. The number of halogens is 1. The number of hydrogen-bond donors (Lipinski definition) is 1. The van der Waals surface area contributed by atoms with Gasteiger partial charge in [-0.1, -0.05) is 17.7 Å². The van der Waals surface area contributed by atoms with Crippen LogP contribution in [0.3, 0.4) is 0 Å². The normalized spacial score (nSPS) is 11.1. The van der Waals surface area contributed by atoms with E-state index in [1.165, 1.54) is 42.5 Å². The van der Waals surface area contributed by atoms with Crippen LogP contribution < -0.4 is 4.72 Å². The number of sulfonamides is 1. The maximum absolute atomic E-state index is 12.1. The van der Waals surface area contributed by atoms with Gasteiger partial charge in [0.1, 0.15) is 0 Å². The molecule has 2 aromatic rings. The van der Waals surface area contributed by atoms with Gasteiger partial charge in [0.05, 0.1) is 9.82 Å². The van der Waals surface area contributed by atoms with E-state index in [4.69, 9.17) is 11.6 Å². The van der Waals surface area contributed by atoms with Crippen molar-refractivity contribution in [2.75, 3.05) is 4.72 Å². The molecule has 0 radical (unpaired) electrons. The maximum atomic E-state index is 12.1. The van der Waals surface area contributed by atoms with Crippen LogP contribution in [0.2, 0.25) is 5.02 Å². The summed E-state index contributed by atoms with van der Waals surface area (Å²) < 4.78 is 26.5. The van der Waals surface area contributed by atoms with Gasteiger partial charge in [-0.2, -0.15) is 0 Å². The second kappa shape index (κ2) is 5.48. The van der Waals surface area contributed by atoms with E-state index in [1.807, 2.05) is 0 Å². The fraction of sp³-hybridized carbons (Fsp3) is 0. The standard InChI is InChI=1S/C12H9ClN2O4S/c13-9-2-1-3-12(8-9)20(18,19)14-10-4-6-11(7-5-10)15(16)17/h1-8,14H. The molecule has 0 spiro atoms. The number of nitrogens with one attached hydrogen (secondary N) is 1. The Kier molecular flexibility index (Phi) is 3.91. The zero-order chi connectivity index (χ0) is 14.8. The molecule has 0 aliphatic rings. The molecule has 104 valence electrons. The summed E-state index contributed by atoms with van der Waals surface area (Å²) in [6, 6.07) is 10.9. The molecule has 0 aliphatic carbocycles. The quantitative estimate of drug-likeness (QED) is 0.694. The number of benzene rings is 2. The minimum absolute atomic E-state index is 0.0170. The number of nitro groups is 1. The van der Waals surface area contributed by atoms with Crippen molar-refractivity contribution in [3.05, 3.63) is 63.7 Å². The zero-order valence-electron chi connectivity index (χ0n) is 9.99. The Bertz CT molecular complexity index is 744. The Morgan fingerprint density at radius 3 is 2.30 bits per heavy atom. The minimum atomic E-state index is -3.77. The predicted molar refractivity (Wildman–Crippen MR) is 75.4 cm³/mol. The van der Waals surface area contributed by atoms with Gasteiger partial charge in [0.2, 0.25) is 0 Å². The fourth-order valence-corrected chi connectivity index (χ4v) is 2.86. The summed E-state index contributed by atoms with van der Waals surface area (Å²) in [5.41, 5.74) is 0.117. The highest BCUT2D eigenvalue weighted by Crippen LogP contribution is 2.21. The fourth-order valence-electron chi connectivity index (χ4n) is 1.50. The van der Waals surface area contributed by atoms with Crippen molar-refractivity contribution in [1.82, 2.24) is 0 Å². The van der Waals surface area contributed by atoms with Crippen molar-refractivity contribution >= 4 is 33.0 Å². The summed E-state index contributed by atoms with van der Waals surface area (Å²) in [5.74, 6) is 0. The number of hydrogen-bond acceptors (Lipinski definition) is 4. The van der Waals surface area contributed by atoms with Crippen molar-refractivity contribution in [1.29, 1.82) is 0 Å². The van der Waals surface area contributed by atoms with E-state index in [0.29, 0.717) is 5.02 Å². The van der Waals surface area contributed by atoms with Crippen molar-refractivity contribution in [2.24, 2.45) is 0 Å². The van der Waals surface area contributed by atoms with Crippen LogP contribution in [-0.4, -0.2) is 13.3 Å². The molecule has 8 heteroatoms. The van der Waals surface area contributed by atoms with E-state index in [9.17, 15) is 18.5 Å². The Morgan fingerprint density at radius 2 is 1.75 bits per heavy atom. The van der Waals surface area contributed by atoms with E-state index >= 15 is 0 Å². The third-order valence-electron chi connectivity index (χ3n) is 2.44. The first-order chi connectivity index (χ1) is 9.38. The third kappa shape index (κ3) is 3.25. The average Bonchev–Trinajstić information content (AvgIpc) is 2.39. The summed E-state index contributed by atoms with van der Waals surface area (Å²) in [4.78, 5) is 9.97. The third-order valence-corrected chi connectivity index (χ3v) is 4.05. The zero-order valence-corrected chi connectivity index (χ0v) is 11.6. The molecule has 0 saturated heterocycles. The number of anilines is 1. The molecule has 0 aromatic heterocycles. The van der Waals surface area contributed by atoms with Gasteiger partial charge in [0.15, 0.2) is 0 Å². The largest absolute Gasteiger partial charge is 0.280 e. The van der Waals surface area contributed by atoms with Gasteiger partial charge in [-0.25, -0.2) is 8.42 Å². The molecule has 0 aliphatic heterocycles. The van der Waals surface area contributed by atoms with Crippen LogP contribution in [0.5, 0.6) is 0 Å². The molecule has 6 nitrogen and oxygen atoms in total. The van der Waals surface area contributed by atoms with Crippen molar-refractivity contribution in [3.63, 3.8) is 0 Å². The van der Waals surface area contributed by atoms with Gasteiger partial charge < -0.3 is 0 Å². The lowest BCUT2D eigenvalue weighted by Gasteiger charge is -2.08. The first kappa shape index (κ1) is 14.3. The molecule has 0 amide bonds. The van der Waals surface area contributed by atoms with Crippen LogP contribution in [-0.2, 0) is 10.0 Å². The summed E-state index contributed by atoms with van der Waals surface area (Å²) in [7, 11) is -3.77. The summed E-state index contributed by atoms with van der Waals surface area (Å²) >= 11 is 5.74. The first-order valence-electron chi connectivity index (χ1n) is 5.41. The van der Waals surface area contributed by atoms with Crippen LogP contribution in [0, 0.1) is 10.1 Å². The summed E-state index contributed by atoms with van der Waals surface area (Å²) in [6.07, 6.45) is 0. The Hall–Kier alpha value is -2.12. The van der Waals surface area contributed by atoms with Gasteiger partial charge in [-0.15, -0.1) is 0 Å². The Labute approximate surface area is 120 Å². The number of nitro benzene ring substituents is 1. The molecule has 1 N–H and O–H groups in total. The topological polar surface area (TPSA) is 89.3 Å². The van der Waals surface area contributed by atoms with E-state index in [0.717, 1.165) is 0 Å². The number of rotatable bonds is 4. The highest BCUT2D eigenvalue weighted by Gasteiger charge is 2.15. The molecule has 0 saturated carbocycles. The molecular formula is C12H9ClN2O4S. The SMILES string of the molecule is O=[N+]([O-])c1ccc(NS(=O)(=O)c2cccc(Cl)c2)cc1. The first-order valence-corrected chi connectivity index (χ1v) is 7.27. The smallest absolute Gasteiger partial charge is 0.269 e. The molecular weight excluding hydrogens is 304 g/mol. The maximum Gasteiger partial charge on any atom is 0.269 e. The lowest BCUT2D eigenvalue weighted by atomic mass is 10.3. The van der Waals surface area contributed by atoms with Crippen molar-refractivity contribution in [2.45, 2.75) is 4.90 Å². The second-order valence-electron chi connectivity index (χ2n) is 3.87. The molecule has 0 unspecified atom stereocenters. The van der Waals surface area contributed by atoms with E-state index in [1.54, 1.807) is 6.07 Å². The summed E-state index contributed by atoms with van der Waals surface area (Å²) in [5, 5.41) is 10.8. The van der Waals surface area contributed by atoms with Crippen LogP contribution in [0.25, 0.3) is 0 Å². The van der Waals surface area contributed by atoms with E-state index in [2.05, 4.69) is 4.72 Å². The Balaban J connectivity index is 2.26. The molecule has 0 bridgehead atoms. The van der Waals surface area contributed by atoms with E-state index < -0.39 is 14.9 Å². The number of nitrogens with zero attached hydrogens (tertiary/aromatic N) is 1. The monoisotopic (exact) mass is 312 g/mol. The van der Waals surface area contributed by atoms with Crippen LogP contribution >= 0.6 is 11.6 Å². The van der Waals surface area contributed by atoms with Gasteiger partial charge in [-0.05, 0) is 30.3 Å². The molecule has 0 atom stereocenters. The Morgan fingerprint density at radius 1 is 1.10 bits per heavy atom. The van der Waals surface area contributed by atoms with E-state index in [-0.39, 0.29) is 16.3 Å². The van der Waals surface area contributed by atoms with Crippen molar-refractivity contribution < 1.29 is 13.3 Å². The molecule has 0 fully saturated rings. The lowest BCUT2D eigenvalue weighted by molar-refractivity contribution is -0.384. The minimum Gasteiger partial charge on any atom is -0.280 e. The number of non-ortho nitro benzene ring substituents is 1.